The molecule has 0 aliphatic carbocycles. The molecular formula is C5Cl6O. The molecule has 0 spiro atoms. The van der Waals surface area contributed by atoms with Crippen LogP contribution in [0.3, 0.4) is 0 Å². The lowest BCUT2D eigenvalue weighted by molar-refractivity contribution is -0.111. The Balaban J connectivity index is 4.90. The summed E-state index contributed by atoms with van der Waals surface area (Å²) in [5, 5.41) is -0.857. The van der Waals surface area contributed by atoms with Crippen LogP contribution >= 0.6 is 69.6 Å². The smallest absolute Gasteiger partial charge is 0.220 e. The van der Waals surface area contributed by atoms with E-state index in [9.17, 15) is 4.79 Å². The summed E-state index contributed by atoms with van der Waals surface area (Å²) < 4.78 is -0.788. The summed E-state index contributed by atoms with van der Waals surface area (Å²) in [4.78, 5) is 11.0. The van der Waals surface area contributed by atoms with Crippen LogP contribution in [0.4, 0.5) is 0 Å². The molecule has 0 rings (SSSR count). The Morgan fingerprint density at radius 2 is 0.917 bits per heavy atom. The van der Waals surface area contributed by atoms with Crippen LogP contribution in [0.25, 0.3) is 0 Å². The molecule has 0 N–H and O–H groups in total. The summed E-state index contributed by atoms with van der Waals surface area (Å²) in [5.74, 6) is -0.821. The lowest BCUT2D eigenvalue weighted by atomic mass is 10.4. The Morgan fingerprint density at radius 1 is 0.667 bits per heavy atom. The number of rotatable bonds is 2. The molecule has 0 saturated carbocycles. The Labute approximate surface area is 98.8 Å². The summed E-state index contributed by atoms with van der Waals surface area (Å²) in [6.07, 6.45) is 0. The fourth-order valence-corrected chi connectivity index (χ4v) is 0.849. The number of allylic oxidation sites excluding steroid dienone is 2. The van der Waals surface area contributed by atoms with Crippen molar-refractivity contribution in [2.75, 3.05) is 0 Å². The minimum atomic E-state index is -0.821. The highest BCUT2D eigenvalue weighted by molar-refractivity contribution is 6.68. The highest BCUT2D eigenvalue weighted by atomic mass is 35.5. The second-order valence-electron chi connectivity index (χ2n) is 1.48. The van der Waals surface area contributed by atoms with Crippen LogP contribution in [0, 0.1) is 0 Å². The predicted molar refractivity (Wildman–Crippen MR) is 54.2 cm³/mol. The number of Topliss-reactive ketones (excluding diaryl/α,β-unsaturated/α-hetero) is 1. The van der Waals surface area contributed by atoms with E-state index in [1.165, 1.54) is 0 Å². The van der Waals surface area contributed by atoms with E-state index in [1.54, 1.807) is 0 Å². The zero-order chi connectivity index (χ0) is 9.89. The van der Waals surface area contributed by atoms with Gasteiger partial charge in [-0.15, -0.1) is 0 Å². The second kappa shape index (κ2) is 5.58. The maximum Gasteiger partial charge on any atom is 0.220 e. The van der Waals surface area contributed by atoms with E-state index in [4.69, 9.17) is 69.6 Å². The van der Waals surface area contributed by atoms with Crippen molar-refractivity contribution in [1.82, 2.24) is 0 Å². The van der Waals surface area contributed by atoms with E-state index in [0.29, 0.717) is 0 Å². The quantitative estimate of drug-likeness (QED) is 0.691. The first-order valence-electron chi connectivity index (χ1n) is 2.34. The van der Waals surface area contributed by atoms with Crippen LogP contribution in [0.2, 0.25) is 0 Å². The van der Waals surface area contributed by atoms with Crippen LogP contribution in [0.15, 0.2) is 19.0 Å². The van der Waals surface area contributed by atoms with Crippen molar-refractivity contribution in [3.8, 4) is 0 Å². The van der Waals surface area contributed by atoms with E-state index in [-0.39, 0.29) is 0 Å². The lowest BCUT2D eigenvalue weighted by Crippen LogP contribution is -1.98. The van der Waals surface area contributed by atoms with E-state index in [2.05, 4.69) is 0 Å². The molecule has 0 unspecified atom stereocenters. The molecule has 0 amide bonds. The van der Waals surface area contributed by atoms with E-state index in [1.807, 2.05) is 0 Å². The number of carbonyl (C=O) groups is 1. The van der Waals surface area contributed by atoms with Crippen molar-refractivity contribution < 1.29 is 4.79 Å². The van der Waals surface area contributed by atoms with Gasteiger partial charge in [0.15, 0.2) is 0 Å². The SMILES string of the molecule is O=C(C(Cl)=C(Cl)Cl)C(Cl)=C(Cl)Cl. The molecule has 0 aliphatic heterocycles. The van der Waals surface area contributed by atoms with Gasteiger partial charge >= 0.3 is 0 Å². The van der Waals surface area contributed by atoms with Crippen LogP contribution in [-0.4, -0.2) is 5.78 Å². The van der Waals surface area contributed by atoms with Gasteiger partial charge in [0.2, 0.25) is 5.78 Å². The van der Waals surface area contributed by atoms with Crippen molar-refractivity contribution in [2.24, 2.45) is 0 Å². The number of hydrogen-bond acceptors (Lipinski definition) is 1. The maximum atomic E-state index is 11.0. The minimum Gasteiger partial charge on any atom is -0.286 e. The molecule has 0 aromatic carbocycles. The van der Waals surface area contributed by atoms with Crippen molar-refractivity contribution >= 4 is 75.4 Å². The average molecular weight is 289 g/mol. The first-order chi connectivity index (χ1) is 5.37. The zero-order valence-corrected chi connectivity index (χ0v) is 9.71. The molecule has 0 fully saturated rings. The molecule has 0 radical (unpaired) electrons. The number of ketones is 1. The first-order valence-corrected chi connectivity index (χ1v) is 4.61. The molecule has 7 heteroatoms. The van der Waals surface area contributed by atoms with Gasteiger partial charge in [-0.3, -0.25) is 4.79 Å². The molecular weight excluding hydrogens is 289 g/mol. The van der Waals surface area contributed by atoms with E-state index >= 15 is 0 Å². The van der Waals surface area contributed by atoms with Gasteiger partial charge in [0.1, 0.15) is 19.0 Å². The summed E-state index contributed by atoms with van der Waals surface area (Å²) in [6.45, 7) is 0. The highest BCUT2D eigenvalue weighted by Gasteiger charge is 2.17. The largest absolute Gasteiger partial charge is 0.286 e. The lowest BCUT2D eigenvalue weighted by Gasteiger charge is -1.96. The molecule has 0 aromatic rings. The molecule has 1 nitrogen and oxygen atoms in total. The maximum absolute atomic E-state index is 11.0. The number of halogens is 6. The van der Waals surface area contributed by atoms with E-state index < -0.39 is 24.8 Å². The summed E-state index contributed by atoms with van der Waals surface area (Å²) >= 11 is 31.5. The summed E-state index contributed by atoms with van der Waals surface area (Å²) in [6, 6.07) is 0. The Hall–Kier alpha value is 0.890. The zero-order valence-electron chi connectivity index (χ0n) is 5.18. The van der Waals surface area contributed by atoms with Gasteiger partial charge in [-0.2, -0.15) is 0 Å². The predicted octanol–water partition coefficient (Wildman–Crippen LogP) is 4.33. The third-order valence-corrected chi connectivity index (χ3v) is 2.59. The van der Waals surface area contributed by atoms with Crippen molar-refractivity contribution in [2.45, 2.75) is 0 Å². The van der Waals surface area contributed by atoms with Gasteiger partial charge < -0.3 is 0 Å². The van der Waals surface area contributed by atoms with Crippen LogP contribution < -0.4 is 0 Å². The molecule has 0 aliphatic rings. The fraction of sp³-hybridized carbons (Fsp3) is 0. The van der Waals surface area contributed by atoms with Crippen molar-refractivity contribution in [3.05, 3.63) is 19.0 Å². The number of hydrogen-bond donors (Lipinski definition) is 0. The van der Waals surface area contributed by atoms with Gasteiger partial charge in [0.25, 0.3) is 0 Å². The highest BCUT2D eigenvalue weighted by Crippen LogP contribution is 2.26. The van der Waals surface area contributed by atoms with Gasteiger partial charge in [0, 0.05) is 0 Å². The van der Waals surface area contributed by atoms with Gasteiger partial charge in [-0.05, 0) is 0 Å². The molecule has 0 saturated heterocycles. The number of carbonyl (C=O) groups excluding carboxylic acids is 1. The van der Waals surface area contributed by atoms with Crippen LogP contribution in [0.1, 0.15) is 0 Å². The van der Waals surface area contributed by atoms with Gasteiger partial charge in [-0.25, -0.2) is 0 Å². The molecule has 0 heterocycles. The standard InChI is InChI=1S/C5Cl6O/c6-1(4(8)9)3(12)2(7)5(10)11. The van der Waals surface area contributed by atoms with Crippen LogP contribution in [-0.2, 0) is 4.79 Å². The van der Waals surface area contributed by atoms with Gasteiger partial charge in [0.05, 0.1) is 0 Å². The normalized spacial score (nSPS) is 9.17. The van der Waals surface area contributed by atoms with Crippen molar-refractivity contribution in [3.63, 3.8) is 0 Å². The van der Waals surface area contributed by atoms with E-state index in [0.717, 1.165) is 0 Å². The third kappa shape index (κ3) is 3.73. The van der Waals surface area contributed by atoms with Crippen LogP contribution in [0.5, 0.6) is 0 Å². The third-order valence-electron chi connectivity index (χ3n) is 0.731. The second-order valence-corrected chi connectivity index (χ2v) is 4.13. The summed E-state index contributed by atoms with van der Waals surface area (Å²) in [5.41, 5.74) is 0. The molecule has 0 bridgehead atoms. The van der Waals surface area contributed by atoms with Crippen molar-refractivity contribution in [1.29, 1.82) is 0 Å². The topological polar surface area (TPSA) is 17.1 Å². The summed E-state index contributed by atoms with van der Waals surface area (Å²) in [7, 11) is 0. The minimum absolute atomic E-state index is 0.394. The molecule has 68 valence electrons. The molecule has 0 aromatic heterocycles. The monoisotopic (exact) mass is 286 g/mol. The Morgan fingerprint density at radius 3 is 1.08 bits per heavy atom. The first kappa shape index (κ1) is 12.9. The fourth-order valence-electron chi connectivity index (χ4n) is 0.268. The van der Waals surface area contributed by atoms with Gasteiger partial charge in [-0.1, -0.05) is 69.6 Å². The molecule has 12 heavy (non-hydrogen) atoms. The Kier molecular flexibility index (Phi) is 6.00. The Bertz CT molecular complexity index is 231. The molecule has 0 atom stereocenters. The average Bonchev–Trinajstić information content (AvgIpc) is 2.00.